The Morgan fingerprint density at radius 3 is 1.63 bits per heavy atom. The second-order valence-electron chi connectivity index (χ2n) is 11.4. The molecule has 0 aliphatic carbocycles. The van der Waals surface area contributed by atoms with Gasteiger partial charge in [0.15, 0.2) is 10.1 Å². The second-order valence-corrected chi connectivity index (χ2v) is 13.6. The van der Waals surface area contributed by atoms with Gasteiger partial charge in [-0.15, -0.1) is 0 Å². The third-order valence-electron chi connectivity index (χ3n) is 7.56. The maximum atomic E-state index is 11.6. The summed E-state index contributed by atoms with van der Waals surface area (Å²) in [7, 11) is -6.09. The van der Waals surface area contributed by atoms with E-state index < -0.39 is 33.6 Å². The normalized spacial score (nSPS) is 15.7. The molecule has 4 rings (SSSR count). The minimum absolute atomic E-state index is 0. The molecule has 0 bridgehead atoms. The van der Waals surface area contributed by atoms with E-state index in [9.17, 15) is 33.0 Å². The second kappa shape index (κ2) is 33.3. The van der Waals surface area contributed by atoms with E-state index in [4.69, 9.17) is 37.2 Å². The molecular formula is C36H43F3N5Na3O11S2. The summed E-state index contributed by atoms with van der Waals surface area (Å²) in [5.41, 5.74) is -3.89. The van der Waals surface area contributed by atoms with Crippen LogP contribution < -0.4 is 98.9 Å². The number of ether oxygens (including phenoxy) is 4. The number of carboxylic acid groups (broad SMARTS) is 2. The number of aromatic nitrogens is 2. The molecule has 1 saturated heterocycles. The molecule has 0 radical (unpaired) electrons. The van der Waals surface area contributed by atoms with Crippen molar-refractivity contribution in [3.05, 3.63) is 89.0 Å². The van der Waals surface area contributed by atoms with Crippen LogP contribution in [0.15, 0.2) is 65.6 Å². The van der Waals surface area contributed by atoms with Crippen LogP contribution in [0.4, 0.5) is 13.2 Å². The van der Waals surface area contributed by atoms with Crippen molar-refractivity contribution in [3.63, 3.8) is 0 Å². The van der Waals surface area contributed by atoms with Gasteiger partial charge in [-0.3, -0.25) is 14.8 Å². The average Bonchev–Trinajstić information content (AvgIpc) is 3.17. The van der Waals surface area contributed by atoms with Gasteiger partial charge in [0.05, 0.1) is 93.6 Å². The summed E-state index contributed by atoms with van der Waals surface area (Å²) in [6.07, 6.45) is 0. The third-order valence-corrected chi connectivity index (χ3v) is 8.73. The molecule has 1 aliphatic heterocycles. The minimum Gasteiger partial charge on any atom is -0.741 e. The Morgan fingerprint density at radius 2 is 1.20 bits per heavy atom. The fourth-order valence-corrected chi connectivity index (χ4v) is 5.38. The number of rotatable bonds is 8. The zero-order chi connectivity index (χ0) is 42.3. The van der Waals surface area contributed by atoms with Crippen LogP contribution in [-0.2, 0) is 35.6 Å². The molecule has 2 aromatic heterocycles. The zero-order valence-electron chi connectivity index (χ0n) is 34.2. The van der Waals surface area contributed by atoms with Crippen molar-refractivity contribution in [3.8, 4) is 5.40 Å². The van der Waals surface area contributed by atoms with Crippen LogP contribution in [0.3, 0.4) is 0 Å². The summed E-state index contributed by atoms with van der Waals surface area (Å²) in [5.74, 6) is -2.68. The van der Waals surface area contributed by atoms with Crippen molar-refractivity contribution in [2.45, 2.75) is 36.8 Å². The summed E-state index contributed by atoms with van der Waals surface area (Å²) in [6, 6.07) is 16.8. The topological polar surface area (TPSA) is 230 Å². The molecule has 1 fully saturated rings. The van der Waals surface area contributed by atoms with Crippen molar-refractivity contribution in [2.75, 3.05) is 79.0 Å². The van der Waals surface area contributed by atoms with Crippen LogP contribution in [0.1, 0.15) is 57.8 Å². The number of hydrogen-bond acceptors (Lipinski definition) is 17. The van der Waals surface area contributed by atoms with E-state index >= 15 is 0 Å². The zero-order valence-corrected chi connectivity index (χ0v) is 41.9. The van der Waals surface area contributed by atoms with Crippen molar-refractivity contribution >= 4 is 33.8 Å². The molecule has 24 heteroatoms. The monoisotopic (exact) mass is 911 g/mol. The number of hydrogen-bond donors (Lipinski definition) is 0. The number of pyridine rings is 2. The molecule has 3 aromatic rings. The molecule has 1 unspecified atom stereocenters. The fraction of sp³-hybridized carbons (Fsp3) is 0.472. The fourth-order valence-electron chi connectivity index (χ4n) is 5.00. The van der Waals surface area contributed by atoms with E-state index in [1.807, 2.05) is 38.1 Å². The Morgan fingerprint density at radius 1 is 0.767 bits per heavy atom. The van der Waals surface area contributed by atoms with Gasteiger partial charge < -0.3 is 43.3 Å². The molecule has 1 atom stereocenters. The summed E-state index contributed by atoms with van der Waals surface area (Å²) in [4.78, 5) is 36.4. The number of nitriles is 1. The molecule has 60 heavy (non-hydrogen) atoms. The van der Waals surface area contributed by atoms with Crippen molar-refractivity contribution in [2.24, 2.45) is 0 Å². The van der Waals surface area contributed by atoms with Crippen molar-refractivity contribution in [1.82, 2.24) is 19.8 Å². The summed E-state index contributed by atoms with van der Waals surface area (Å²) in [6.45, 7) is 9.66. The molecule has 3 heterocycles. The van der Waals surface area contributed by atoms with E-state index in [2.05, 4.69) is 25.2 Å². The number of benzene rings is 1. The standard InChI is InChI=1S/C33H39N5O8S.C2H6.CHF3O3S.3Na/c34-24-47-27-9-7-25(8-10-27)31(28-4-2-6-30(36-28)33(41)42)38-13-17-45-21-19-43-15-11-37(12-16-44-20-22-46-18-14-38)23-26-3-1-5-29(35-26)32(39)40;1-2;2-1(3,4)8(5,6)7;;;/h1-10,31H,11-23H2,(H,39,40)(H,41,42);1-2H3;(H,5,6,7);;;/q;;;3*+1/p-3. The first-order valence-electron chi connectivity index (χ1n) is 17.5. The van der Waals surface area contributed by atoms with Gasteiger partial charge in [-0.1, -0.05) is 38.1 Å². The summed E-state index contributed by atoms with van der Waals surface area (Å²) in [5, 5.41) is 34.0. The Balaban J connectivity index is 0. The van der Waals surface area contributed by atoms with Crippen LogP contribution in [0, 0.1) is 10.7 Å². The number of thioether (sulfide) groups is 1. The van der Waals surface area contributed by atoms with E-state index in [1.165, 1.54) is 12.1 Å². The quantitative estimate of drug-likeness (QED) is 0.0672. The predicted molar refractivity (Wildman–Crippen MR) is 194 cm³/mol. The SMILES string of the molecule is CC.N#CSc1ccc(C(c2cccc(C(=O)[O-])n2)N2CCOCCOCCN(Cc3cccc(C(=O)[O-])n3)CCOCCOCC2)cc1.O=S(=O)([O-])C(F)(F)F.[Na+].[Na+].[Na+]. The van der Waals surface area contributed by atoms with Crippen molar-refractivity contribution in [1.29, 1.82) is 5.26 Å². The number of halogens is 3. The first-order chi connectivity index (χ1) is 27.2. The van der Waals surface area contributed by atoms with Crippen LogP contribution in [-0.4, -0.2) is 129 Å². The number of alkyl halides is 3. The molecule has 16 nitrogen and oxygen atoms in total. The summed E-state index contributed by atoms with van der Waals surface area (Å²) >= 11 is 1.06. The Kier molecular flexibility index (Phi) is 33.8. The predicted octanol–water partition coefficient (Wildman–Crippen LogP) is -7.16. The van der Waals surface area contributed by atoms with Gasteiger partial charge in [-0.25, -0.2) is 13.4 Å². The van der Waals surface area contributed by atoms with Gasteiger partial charge in [0.2, 0.25) is 0 Å². The Bertz CT molecular complexity index is 1820. The number of thiocyanates is 1. The van der Waals surface area contributed by atoms with Gasteiger partial charge in [-0.05, 0) is 53.7 Å². The first kappa shape index (κ1) is 60.8. The Hall–Kier alpha value is -1.24. The number of carboxylic acids is 2. The van der Waals surface area contributed by atoms with E-state index in [0.29, 0.717) is 97.0 Å². The minimum atomic E-state index is -6.09. The molecule has 0 spiro atoms. The maximum Gasteiger partial charge on any atom is 1.00 e. The van der Waals surface area contributed by atoms with Gasteiger partial charge in [0, 0.05) is 37.6 Å². The van der Waals surface area contributed by atoms with Gasteiger partial charge in [-0.2, -0.15) is 18.4 Å². The first-order valence-corrected chi connectivity index (χ1v) is 19.7. The van der Waals surface area contributed by atoms with Gasteiger partial charge >= 0.3 is 94.2 Å². The Labute approximate surface area is 418 Å². The van der Waals surface area contributed by atoms with Gasteiger partial charge in [0.25, 0.3) is 0 Å². The van der Waals surface area contributed by atoms with E-state index in [-0.39, 0.29) is 100 Å². The smallest absolute Gasteiger partial charge is 0.741 e. The molecular weight excluding hydrogens is 869 g/mol. The molecule has 0 amide bonds. The maximum absolute atomic E-state index is 11.6. The van der Waals surface area contributed by atoms with Gasteiger partial charge in [0.1, 0.15) is 5.40 Å². The van der Waals surface area contributed by atoms with Crippen LogP contribution in [0.2, 0.25) is 0 Å². The summed E-state index contributed by atoms with van der Waals surface area (Å²) < 4.78 is 82.4. The average molecular weight is 912 g/mol. The molecule has 314 valence electrons. The van der Waals surface area contributed by atoms with Crippen LogP contribution >= 0.6 is 11.8 Å². The van der Waals surface area contributed by atoms with Crippen LogP contribution in [0.5, 0.6) is 0 Å². The van der Waals surface area contributed by atoms with Crippen molar-refractivity contribution < 1.29 is 154 Å². The number of aromatic carboxylic acids is 2. The molecule has 1 aliphatic rings. The number of carbonyl (C=O) groups is 2. The largest absolute Gasteiger partial charge is 1.00 e. The van der Waals surface area contributed by atoms with E-state index in [0.717, 1.165) is 22.2 Å². The number of nitrogens with zero attached hydrogens (tertiary/aromatic N) is 5. The number of carbonyl (C=O) groups excluding carboxylic acids is 2. The molecule has 1 aromatic carbocycles. The van der Waals surface area contributed by atoms with E-state index in [1.54, 1.807) is 24.3 Å². The molecule has 0 saturated carbocycles. The van der Waals surface area contributed by atoms with Crippen LogP contribution in [0.25, 0.3) is 0 Å². The third kappa shape index (κ3) is 23.4. The molecule has 0 N–H and O–H groups in total.